The molecule has 0 aliphatic carbocycles. The van der Waals surface area contributed by atoms with Crippen LogP contribution >= 0.6 is 23.4 Å². The number of rotatable bonds is 5. The lowest BCUT2D eigenvalue weighted by Crippen LogP contribution is -2.22. The third-order valence-electron chi connectivity index (χ3n) is 2.95. The monoisotopic (exact) mass is 362 g/mol. The van der Waals surface area contributed by atoms with Gasteiger partial charge in [0, 0.05) is 18.3 Å². The van der Waals surface area contributed by atoms with Crippen LogP contribution in [0.5, 0.6) is 0 Å². The molecule has 0 bridgehead atoms. The Balaban J connectivity index is 2.10. The first-order valence-electron chi connectivity index (χ1n) is 6.68. The molecule has 0 saturated carbocycles. The van der Waals surface area contributed by atoms with Gasteiger partial charge in [0.2, 0.25) is 5.91 Å². The van der Waals surface area contributed by atoms with Gasteiger partial charge >= 0.3 is 0 Å². The molecule has 2 rings (SSSR count). The molecule has 0 radical (unpaired) electrons. The van der Waals surface area contributed by atoms with Crippen LogP contribution in [0.2, 0.25) is 5.02 Å². The molecule has 1 amide bonds. The predicted octanol–water partition coefficient (Wildman–Crippen LogP) is 3.63. The number of carbonyl (C=O) groups excluding carboxylic acids is 1. The number of nitrogens with zero attached hydrogens (tertiary/aromatic N) is 3. The van der Waals surface area contributed by atoms with Crippen molar-refractivity contribution in [3.05, 3.63) is 57.2 Å². The minimum atomic E-state index is -0.568. The van der Waals surface area contributed by atoms with Gasteiger partial charge in [-0.2, -0.15) is 5.26 Å². The second-order valence-electron chi connectivity index (χ2n) is 4.67. The molecule has 0 spiro atoms. The summed E-state index contributed by atoms with van der Waals surface area (Å²) in [6, 6.07) is 8.95. The van der Waals surface area contributed by atoms with Gasteiger partial charge in [-0.3, -0.25) is 14.9 Å². The number of carbonyl (C=O) groups is 1. The van der Waals surface area contributed by atoms with Crippen LogP contribution in [0.15, 0.2) is 41.6 Å². The van der Waals surface area contributed by atoms with E-state index < -0.39 is 10.2 Å². The number of anilines is 1. The molecule has 0 saturated heterocycles. The number of nitro benzene ring substituents is 1. The topological polar surface area (TPSA) is 109 Å². The highest BCUT2D eigenvalue weighted by molar-refractivity contribution is 8.00. The molecular weight excluding hydrogens is 352 g/mol. The van der Waals surface area contributed by atoms with Crippen LogP contribution in [0.25, 0.3) is 0 Å². The van der Waals surface area contributed by atoms with Crippen LogP contribution < -0.4 is 5.32 Å². The first-order valence-corrected chi connectivity index (χ1v) is 7.94. The number of hydrogen-bond acceptors (Lipinski definition) is 6. The normalized spacial score (nSPS) is 11.4. The van der Waals surface area contributed by atoms with E-state index in [2.05, 4.69) is 10.3 Å². The van der Waals surface area contributed by atoms with E-state index in [9.17, 15) is 14.9 Å². The highest BCUT2D eigenvalue weighted by Gasteiger charge is 2.18. The molecule has 1 atom stereocenters. The van der Waals surface area contributed by atoms with Crippen LogP contribution in [0.4, 0.5) is 11.4 Å². The number of aromatic nitrogens is 1. The Hall–Kier alpha value is -2.63. The SMILES string of the molecule is CC(Sc1cc(C#N)ccn1)C(=O)Nc1cc([N+](=O)[O-])ccc1Cl. The first-order chi connectivity index (χ1) is 11.4. The molecule has 0 aliphatic heterocycles. The molecule has 122 valence electrons. The quantitative estimate of drug-likeness (QED) is 0.494. The van der Waals surface area contributed by atoms with Crippen molar-refractivity contribution in [3.8, 4) is 6.07 Å². The Morgan fingerprint density at radius 1 is 1.46 bits per heavy atom. The van der Waals surface area contributed by atoms with Crippen molar-refractivity contribution in [2.75, 3.05) is 5.32 Å². The molecule has 9 heteroatoms. The standard InChI is InChI=1S/C15H11ClN4O3S/c1-9(24-14-6-10(8-17)4-5-18-14)15(21)19-13-7-11(20(22)23)2-3-12(13)16/h2-7,9H,1H3,(H,19,21). The number of nitrogens with one attached hydrogen (secondary N) is 1. The summed E-state index contributed by atoms with van der Waals surface area (Å²) >= 11 is 7.12. The highest BCUT2D eigenvalue weighted by Crippen LogP contribution is 2.28. The zero-order valence-electron chi connectivity index (χ0n) is 12.4. The van der Waals surface area contributed by atoms with Gasteiger partial charge in [0.05, 0.1) is 37.5 Å². The van der Waals surface area contributed by atoms with Gasteiger partial charge in [0.15, 0.2) is 0 Å². The Morgan fingerprint density at radius 2 is 2.21 bits per heavy atom. The summed E-state index contributed by atoms with van der Waals surface area (Å²) in [5.74, 6) is -0.383. The van der Waals surface area contributed by atoms with Crippen molar-refractivity contribution in [2.24, 2.45) is 0 Å². The smallest absolute Gasteiger partial charge is 0.271 e. The Bertz CT molecular complexity index is 838. The van der Waals surface area contributed by atoms with Crippen LogP contribution in [0, 0.1) is 21.4 Å². The molecule has 1 heterocycles. The molecule has 24 heavy (non-hydrogen) atoms. The van der Waals surface area contributed by atoms with Gasteiger partial charge in [-0.15, -0.1) is 0 Å². The lowest BCUT2D eigenvalue weighted by molar-refractivity contribution is -0.384. The maximum absolute atomic E-state index is 12.3. The van der Waals surface area contributed by atoms with Crippen molar-refractivity contribution in [3.63, 3.8) is 0 Å². The third kappa shape index (κ3) is 4.44. The van der Waals surface area contributed by atoms with Crippen molar-refractivity contribution in [1.29, 1.82) is 5.26 Å². The summed E-state index contributed by atoms with van der Waals surface area (Å²) in [6.07, 6.45) is 1.49. The summed E-state index contributed by atoms with van der Waals surface area (Å²) in [7, 11) is 0. The van der Waals surface area contributed by atoms with Crippen molar-refractivity contribution >= 4 is 40.6 Å². The van der Waals surface area contributed by atoms with E-state index in [1.54, 1.807) is 19.1 Å². The third-order valence-corrected chi connectivity index (χ3v) is 4.31. The Morgan fingerprint density at radius 3 is 2.88 bits per heavy atom. The summed E-state index contributed by atoms with van der Waals surface area (Å²) in [6.45, 7) is 1.66. The van der Waals surface area contributed by atoms with E-state index in [1.165, 1.54) is 36.2 Å². The molecule has 7 nitrogen and oxygen atoms in total. The van der Waals surface area contributed by atoms with Crippen LogP contribution in [-0.2, 0) is 4.79 Å². The van der Waals surface area contributed by atoms with Gasteiger partial charge < -0.3 is 5.32 Å². The number of thioether (sulfide) groups is 1. The predicted molar refractivity (Wildman–Crippen MR) is 91.0 cm³/mol. The maximum atomic E-state index is 12.3. The number of benzene rings is 1. The molecule has 1 N–H and O–H groups in total. The van der Waals surface area contributed by atoms with Gasteiger partial charge in [-0.05, 0) is 25.1 Å². The van der Waals surface area contributed by atoms with E-state index in [0.29, 0.717) is 10.6 Å². The Kier molecular flexibility index (Phi) is 5.73. The minimum absolute atomic E-state index is 0.168. The van der Waals surface area contributed by atoms with Crippen LogP contribution in [0.1, 0.15) is 12.5 Å². The average molecular weight is 363 g/mol. The number of hydrogen-bond donors (Lipinski definition) is 1. The van der Waals surface area contributed by atoms with Gasteiger partial charge in [-0.25, -0.2) is 4.98 Å². The van der Waals surface area contributed by atoms with E-state index in [4.69, 9.17) is 16.9 Å². The van der Waals surface area contributed by atoms with E-state index in [0.717, 1.165) is 0 Å². The van der Waals surface area contributed by atoms with Crippen LogP contribution in [0.3, 0.4) is 0 Å². The molecule has 0 fully saturated rings. The summed E-state index contributed by atoms with van der Waals surface area (Å²) in [4.78, 5) is 26.6. The Labute approximate surface area is 146 Å². The van der Waals surface area contributed by atoms with E-state index in [1.807, 2.05) is 6.07 Å². The first kappa shape index (κ1) is 17.7. The zero-order chi connectivity index (χ0) is 17.7. The number of pyridine rings is 1. The fraction of sp³-hybridized carbons (Fsp3) is 0.133. The summed E-state index contributed by atoms with van der Waals surface area (Å²) in [5, 5.41) is 22.4. The number of non-ortho nitro benzene ring substituents is 1. The average Bonchev–Trinajstić information content (AvgIpc) is 2.56. The van der Waals surface area contributed by atoms with Crippen molar-refractivity contribution in [1.82, 2.24) is 4.98 Å². The molecule has 2 aromatic rings. The lowest BCUT2D eigenvalue weighted by atomic mass is 10.2. The van der Waals surface area contributed by atoms with E-state index in [-0.39, 0.29) is 22.3 Å². The largest absolute Gasteiger partial charge is 0.324 e. The summed E-state index contributed by atoms with van der Waals surface area (Å²) in [5.41, 5.74) is 0.447. The lowest BCUT2D eigenvalue weighted by Gasteiger charge is -2.12. The van der Waals surface area contributed by atoms with Crippen LogP contribution in [-0.4, -0.2) is 21.1 Å². The minimum Gasteiger partial charge on any atom is -0.324 e. The summed E-state index contributed by atoms with van der Waals surface area (Å²) < 4.78 is 0. The molecule has 1 unspecified atom stereocenters. The number of halogens is 1. The second-order valence-corrected chi connectivity index (χ2v) is 6.43. The van der Waals surface area contributed by atoms with Gasteiger partial charge in [0.25, 0.3) is 5.69 Å². The molecule has 1 aromatic heterocycles. The number of nitriles is 1. The highest BCUT2D eigenvalue weighted by atomic mass is 35.5. The fourth-order valence-electron chi connectivity index (χ4n) is 1.74. The fourth-order valence-corrected chi connectivity index (χ4v) is 2.74. The zero-order valence-corrected chi connectivity index (χ0v) is 14.0. The molecule has 0 aliphatic rings. The molecule has 1 aromatic carbocycles. The second kappa shape index (κ2) is 7.77. The molecular formula is C15H11ClN4O3S. The van der Waals surface area contributed by atoms with Gasteiger partial charge in [0.1, 0.15) is 0 Å². The van der Waals surface area contributed by atoms with Gasteiger partial charge in [-0.1, -0.05) is 23.4 Å². The number of nitro groups is 1. The van der Waals surface area contributed by atoms with E-state index >= 15 is 0 Å². The maximum Gasteiger partial charge on any atom is 0.271 e. The van der Waals surface area contributed by atoms with Crippen molar-refractivity contribution < 1.29 is 9.72 Å². The number of amides is 1. The van der Waals surface area contributed by atoms with Crippen molar-refractivity contribution in [2.45, 2.75) is 17.2 Å².